The van der Waals surface area contributed by atoms with Gasteiger partial charge in [-0.05, 0) is 40.5 Å². The van der Waals surface area contributed by atoms with Crippen LogP contribution in [-0.4, -0.2) is 6.04 Å². The van der Waals surface area contributed by atoms with Gasteiger partial charge >= 0.3 is 0 Å². The SMILES string of the molecule is CC(N)C(Oc1cc(F)ccc1Br)c1ccccc1. The van der Waals surface area contributed by atoms with Gasteiger partial charge in [-0.1, -0.05) is 30.3 Å². The van der Waals surface area contributed by atoms with Crippen LogP contribution >= 0.6 is 15.9 Å². The van der Waals surface area contributed by atoms with Gasteiger partial charge in [-0.25, -0.2) is 4.39 Å². The molecular formula is C15H15BrFNO. The molecule has 0 aliphatic heterocycles. The van der Waals surface area contributed by atoms with Crippen LogP contribution in [0.2, 0.25) is 0 Å². The molecule has 2 N–H and O–H groups in total. The highest BCUT2D eigenvalue weighted by atomic mass is 79.9. The Hall–Kier alpha value is -1.39. The second kappa shape index (κ2) is 6.17. The minimum Gasteiger partial charge on any atom is -0.483 e. The van der Waals surface area contributed by atoms with Crippen LogP contribution in [0.5, 0.6) is 5.75 Å². The van der Waals surface area contributed by atoms with E-state index in [0.717, 1.165) is 5.56 Å². The van der Waals surface area contributed by atoms with Gasteiger partial charge in [0.25, 0.3) is 0 Å². The highest BCUT2D eigenvalue weighted by Gasteiger charge is 2.19. The summed E-state index contributed by atoms with van der Waals surface area (Å²) in [5.41, 5.74) is 6.94. The number of hydrogen-bond donors (Lipinski definition) is 1. The second-order valence-electron chi connectivity index (χ2n) is 4.38. The molecule has 2 nitrogen and oxygen atoms in total. The number of rotatable bonds is 4. The fourth-order valence-electron chi connectivity index (χ4n) is 1.83. The van der Waals surface area contributed by atoms with Gasteiger partial charge in [0, 0.05) is 12.1 Å². The molecule has 19 heavy (non-hydrogen) atoms. The predicted molar refractivity (Wildman–Crippen MR) is 77.6 cm³/mol. The topological polar surface area (TPSA) is 35.2 Å². The van der Waals surface area contributed by atoms with Crippen LogP contribution in [0.25, 0.3) is 0 Å². The van der Waals surface area contributed by atoms with Crippen molar-refractivity contribution in [3.8, 4) is 5.75 Å². The summed E-state index contributed by atoms with van der Waals surface area (Å²) in [4.78, 5) is 0. The highest BCUT2D eigenvalue weighted by molar-refractivity contribution is 9.10. The Balaban J connectivity index is 2.29. The minimum atomic E-state index is -0.338. The maximum atomic E-state index is 13.3. The van der Waals surface area contributed by atoms with Crippen LogP contribution in [0, 0.1) is 5.82 Å². The second-order valence-corrected chi connectivity index (χ2v) is 5.24. The van der Waals surface area contributed by atoms with E-state index < -0.39 is 0 Å². The summed E-state index contributed by atoms with van der Waals surface area (Å²) in [6.45, 7) is 1.87. The van der Waals surface area contributed by atoms with Crippen LogP contribution in [0.4, 0.5) is 4.39 Å². The molecule has 0 heterocycles. The highest BCUT2D eigenvalue weighted by Crippen LogP contribution is 2.31. The first-order valence-corrected chi connectivity index (χ1v) is 6.79. The maximum absolute atomic E-state index is 13.3. The quantitative estimate of drug-likeness (QED) is 0.921. The van der Waals surface area contributed by atoms with Gasteiger partial charge in [-0.15, -0.1) is 0 Å². The third-order valence-electron chi connectivity index (χ3n) is 2.75. The van der Waals surface area contributed by atoms with Crippen molar-refractivity contribution < 1.29 is 9.13 Å². The van der Waals surface area contributed by atoms with Crippen LogP contribution in [0.15, 0.2) is 53.0 Å². The minimum absolute atomic E-state index is 0.211. The maximum Gasteiger partial charge on any atom is 0.139 e. The molecule has 0 aliphatic rings. The Kier molecular flexibility index (Phi) is 4.56. The van der Waals surface area contributed by atoms with Crippen LogP contribution in [0.3, 0.4) is 0 Å². The van der Waals surface area contributed by atoms with E-state index in [-0.39, 0.29) is 18.0 Å². The Labute approximate surface area is 120 Å². The number of ether oxygens (including phenoxy) is 1. The summed E-state index contributed by atoms with van der Waals surface area (Å²) in [5.74, 6) is 0.112. The number of halogens is 2. The third kappa shape index (κ3) is 3.55. The van der Waals surface area contributed by atoms with Crippen molar-refractivity contribution in [1.82, 2.24) is 0 Å². The molecule has 2 aromatic rings. The van der Waals surface area contributed by atoms with Gasteiger partial charge in [0.15, 0.2) is 0 Å². The molecule has 2 atom stereocenters. The standard InChI is InChI=1S/C15H15BrFNO/c1-10(18)15(11-5-3-2-4-6-11)19-14-9-12(17)7-8-13(14)16/h2-10,15H,18H2,1H3. The molecule has 100 valence electrons. The fourth-order valence-corrected chi connectivity index (χ4v) is 2.17. The summed E-state index contributed by atoms with van der Waals surface area (Å²) in [5, 5.41) is 0. The van der Waals surface area contributed by atoms with E-state index in [1.165, 1.54) is 12.1 Å². The first-order valence-electron chi connectivity index (χ1n) is 6.00. The number of hydrogen-bond acceptors (Lipinski definition) is 2. The predicted octanol–water partition coefficient (Wildman–Crippen LogP) is 4.06. The molecule has 0 radical (unpaired) electrons. The van der Waals surface area contributed by atoms with E-state index in [9.17, 15) is 4.39 Å². The normalized spacial score (nSPS) is 13.9. The van der Waals surface area contributed by atoms with Gasteiger partial charge in [0.05, 0.1) is 4.47 Å². The number of nitrogens with two attached hydrogens (primary N) is 1. The summed E-state index contributed by atoms with van der Waals surface area (Å²) in [6.07, 6.45) is -0.320. The largest absolute Gasteiger partial charge is 0.483 e. The molecular weight excluding hydrogens is 309 g/mol. The van der Waals surface area contributed by atoms with Crippen molar-refractivity contribution in [3.05, 3.63) is 64.4 Å². The lowest BCUT2D eigenvalue weighted by Crippen LogP contribution is -2.29. The fraction of sp³-hybridized carbons (Fsp3) is 0.200. The summed E-state index contributed by atoms with van der Waals surface area (Å²) in [7, 11) is 0. The van der Waals surface area contributed by atoms with E-state index >= 15 is 0 Å². The zero-order valence-corrected chi connectivity index (χ0v) is 12.1. The lowest BCUT2D eigenvalue weighted by Gasteiger charge is -2.23. The van der Waals surface area contributed by atoms with Gasteiger partial charge in [-0.2, -0.15) is 0 Å². The lowest BCUT2D eigenvalue weighted by molar-refractivity contribution is 0.178. The molecule has 2 unspecified atom stereocenters. The molecule has 0 fully saturated rings. The zero-order chi connectivity index (χ0) is 13.8. The zero-order valence-electron chi connectivity index (χ0n) is 10.5. The van der Waals surface area contributed by atoms with Crippen LogP contribution in [-0.2, 0) is 0 Å². The van der Waals surface area contributed by atoms with Crippen molar-refractivity contribution in [1.29, 1.82) is 0 Å². The molecule has 0 saturated carbocycles. The van der Waals surface area contributed by atoms with Gasteiger partial charge in [-0.3, -0.25) is 0 Å². The molecule has 0 amide bonds. The van der Waals surface area contributed by atoms with Crippen molar-refractivity contribution in [2.24, 2.45) is 5.73 Å². The van der Waals surface area contributed by atoms with Crippen molar-refractivity contribution in [2.45, 2.75) is 19.1 Å². The van der Waals surface area contributed by atoms with Crippen molar-refractivity contribution in [3.63, 3.8) is 0 Å². The van der Waals surface area contributed by atoms with E-state index in [4.69, 9.17) is 10.5 Å². The van der Waals surface area contributed by atoms with Gasteiger partial charge in [0.1, 0.15) is 17.7 Å². The lowest BCUT2D eigenvalue weighted by atomic mass is 10.0. The molecule has 4 heteroatoms. The van der Waals surface area contributed by atoms with E-state index in [2.05, 4.69) is 15.9 Å². The van der Waals surface area contributed by atoms with Gasteiger partial charge in [0.2, 0.25) is 0 Å². The average Bonchev–Trinajstić information content (AvgIpc) is 2.40. The van der Waals surface area contributed by atoms with E-state index in [1.807, 2.05) is 37.3 Å². The summed E-state index contributed by atoms with van der Waals surface area (Å²) >= 11 is 3.35. The Morgan fingerprint density at radius 3 is 2.47 bits per heavy atom. The van der Waals surface area contributed by atoms with Crippen molar-refractivity contribution >= 4 is 15.9 Å². The average molecular weight is 324 g/mol. The van der Waals surface area contributed by atoms with E-state index in [1.54, 1.807) is 6.07 Å². The first-order chi connectivity index (χ1) is 9.08. The monoisotopic (exact) mass is 323 g/mol. The molecule has 2 aromatic carbocycles. The molecule has 2 rings (SSSR count). The van der Waals surface area contributed by atoms with Crippen LogP contribution < -0.4 is 10.5 Å². The molecule has 0 aromatic heterocycles. The summed E-state index contributed by atoms with van der Waals surface area (Å²) < 4.78 is 19.8. The molecule has 0 saturated heterocycles. The molecule has 0 spiro atoms. The van der Waals surface area contributed by atoms with E-state index in [0.29, 0.717) is 10.2 Å². The smallest absolute Gasteiger partial charge is 0.139 e. The molecule has 0 bridgehead atoms. The Bertz CT molecular complexity index is 545. The number of benzene rings is 2. The Morgan fingerprint density at radius 1 is 1.16 bits per heavy atom. The Morgan fingerprint density at radius 2 is 1.84 bits per heavy atom. The molecule has 0 aliphatic carbocycles. The van der Waals surface area contributed by atoms with Crippen LogP contribution in [0.1, 0.15) is 18.6 Å². The van der Waals surface area contributed by atoms with Crippen molar-refractivity contribution in [2.75, 3.05) is 0 Å². The third-order valence-corrected chi connectivity index (χ3v) is 3.41. The van der Waals surface area contributed by atoms with Gasteiger partial charge < -0.3 is 10.5 Å². The summed E-state index contributed by atoms with van der Waals surface area (Å²) in [6, 6.07) is 13.8. The first kappa shape index (κ1) is 14.0.